The molecule has 1 aromatic carbocycles. The lowest BCUT2D eigenvalue weighted by Gasteiger charge is -2.32. The van der Waals surface area contributed by atoms with E-state index in [-0.39, 0.29) is 0 Å². The molecule has 1 aliphatic heterocycles. The van der Waals surface area contributed by atoms with Crippen LogP contribution in [0, 0.1) is 0 Å². The third kappa shape index (κ3) is 3.54. The minimum Gasteiger partial charge on any atom is -0.329 e. The Bertz CT molecular complexity index is 373. The number of hydrogen-bond acceptors (Lipinski definition) is 3. The summed E-state index contributed by atoms with van der Waals surface area (Å²) >= 11 is 0. The third-order valence-electron chi connectivity index (χ3n) is 3.15. The van der Waals surface area contributed by atoms with Crippen LogP contribution in [0.15, 0.2) is 24.3 Å². The molecule has 2 rings (SSSR count). The lowest BCUT2D eigenvalue weighted by molar-refractivity contribution is -0.105. The molecular weight excluding hydrogens is 214 g/mol. The number of benzene rings is 1. The summed E-state index contributed by atoms with van der Waals surface area (Å²) in [5.74, 6) is 0. The molecule has 1 aliphatic rings. The summed E-state index contributed by atoms with van der Waals surface area (Å²) in [4.78, 5) is 15.2. The van der Waals surface area contributed by atoms with Gasteiger partial charge in [0.05, 0.1) is 0 Å². The van der Waals surface area contributed by atoms with Gasteiger partial charge in [-0.15, -0.1) is 0 Å². The molecule has 92 valence electrons. The van der Waals surface area contributed by atoms with Gasteiger partial charge in [-0.25, -0.2) is 0 Å². The van der Waals surface area contributed by atoms with E-state index in [0.717, 1.165) is 44.8 Å². The quantitative estimate of drug-likeness (QED) is 0.788. The average molecular weight is 233 g/mol. The van der Waals surface area contributed by atoms with Gasteiger partial charge in [0.1, 0.15) is 0 Å². The van der Waals surface area contributed by atoms with E-state index < -0.39 is 0 Å². The van der Waals surface area contributed by atoms with Crippen LogP contribution in [0.5, 0.6) is 0 Å². The number of anilines is 1. The Kier molecular flexibility index (Phi) is 4.12. The Morgan fingerprint density at radius 2 is 2.06 bits per heavy atom. The second-order valence-electron chi connectivity index (χ2n) is 4.54. The predicted octanol–water partition coefficient (Wildman–Crippen LogP) is 1.00. The summed E-state index contributed by atoms with van der Waals surface area (Å²) in [7, 11) is 2.16. The minimum atomic E-state index is 0.717. The standard InChI is InChI=1S/C13H19N3O/c1-15-5-7-16(8-6-15)10-12-3-2-4-13(9-12)14-11-17/h2-4,9,11H,5-8,10H2,1H3,(H,14,17). The van der Waals surface area contributed by atoms with Gasteiger partial charge in [0.25, 0.3) is 0 Å². The number of carbonyl (C=O) groups excluding carboxylic acids is 1. The van der Waals surface area contributed by atoms with Crippen LogP contribution >= 0.6 is 0 Å². The molecule has 0 bridgehead atoms. The molecule has 0 saturated carbocycles. The van der Waals surface area contributed by atoms with Gasteiger partial charge in [0.15, 0.2) is 0 Å². The van der Waals surface area contributed by atoms with Crippen molar-refractivity contribution < 1.29 is 4.79 Å². The second-order valence-corrected chi connectivity index (χ2v) is 4.54. The van der Waals surface area contributed by atoms with Gasteiger partial charge >= 0.3 is 0 Å². The van der Waals surface area contributed by atoms with Gasteiger partial charge in [0, 0.05) is 38.4 Å². The van der Waals surface area contributed by atoms with Crippen LogP contribution in [0.3, 0.4) is 0 Å². The van der Waals surface area contributed by atoms with E-state index in [1.54, 1.807) is 0 Å². The first kappa shape index (κ1) is 12.1. The van der Waals surface area contributed by atoms with E-state index in [4.69, 9.17) is 0 Å². The first-order valence-electron chi connectivity index (χ1n) is 5.98. The molecule has 0 spiro atoms. The van der Waals surface area contributed by atoms with Crippen LogP contribution in [-0.4, -0.2) is 49.4 Å². The third-order valence-corrected chi connectivity index (χ3v) is 3.15. The summed E-state index contributed by atoms with van der Waals surface area (Å²) in [5, 5.41) is 2.68. The van der Waals surface area contributed by atoms with Crippen molar-refractivity contribution in [2.24, 2.45) is 0 Å². The average Bonchev–Trinajstić information content (AvgIpc) is 2.33. The van der Waals surface area contributed by atoms with Crippen LogP contribution in [0.2, 0.25) is 0 Å². The maximum Gasteiger partial charge on any atom is 0.211 e. The number of nitrogens with one attached hydrogen (secondary N) is 1. The molecule has 1 N–H and O–H groups in total. The monoisotopic (exact) mass is 233 g/mol. The van der Waals surface area contributed by atoms with Crippen molar-refractivity contribution in [2.75, 3.05) is 38.5 Å². The van der Waals surface area contributed by atoms with Crippen molar-refractivity contribution in [3.8, 4) is 0 Å². The summed E-state index contributed by atoms with van der Waals surface area (Å²) in [6.07, 6.45) is 0.717. The zero-order valence-electron chi connectivity index (χ0n) is 10.2. The highest BCUT2D eigenvalue weighted by Crippen LogP contribution is 2.13. The molecule has 0 aliphatic carbocycles. The highest BCUT2D eigenvalue weighted by molar-refractivity contribution is 5.71. The first-order chi connectivity index (χ1) is 8.28. The van der Waals surface area contributed by atoms with Gasteiger partial charge in [-0.2, -0.15) is 0 Å². The molecular formula is C13H19N3O. The number of hydrogen-bond donors (Lipinski definition) is 1. The van der Waals surface area contributed by atoms with Crippen molar-refractivity contribution in [1.29, 1.82) is 0 Å². The highest BCUT2D eigenvalue weighted by Gasteiger charge is 2.13. The summed E-state index contributed by atoms with van der Waals surface area (Å²) in [6.45, 7) is 5.45. The number of piperazine rings is 1. The van der Waals surface area contributed by atoms with Gasteiger partial charge in [-0.05, 0) is 24.7 Å². The Morgan fingerprint density at radius 3 is 2.76 bits per heavy atom. The molecule has 1 aromatic rings. The Balaban J connectivity index is 1.93. The van der Waals surface area contributed by atoms with Crippen LogP contribution in [0.4, 0.5) is 5.69 Å². The number of rotatable bonds is 4. The van der Waals surface area contributed by atoms with E-state index in [1.807, 2.05) is 18.2 Å². The molecule has 0 unspecified atom stereocenters. The second kappa shape index (κ2) is 5.80. The SMILES string of the molecule is CN1CCN(Cc2cccc(NC=O)c2)CC1. The Morgan fingerprint density at radius 1 is 1.29 bits per heavy atom. The first-order valence-corrected chi connectivity index (χ1v) is 5.98. The number of amides is 1. The van der Waals surface area contributed by atoms with E-state index in [1.165, 1.54) is 5.56 Å². The summed E-state index contributed by atoms with van der Waals surface area (Å²) in [6, 6.07) is 8.03. The largest absolute Gasteiger partial charge is 0.329 e. The smallest absolute Gasteiger partial charge is 0.211 e. The topological polar surface area (TPSA) is 35.6 Å². The number of nitrogens with zero attached hydrogens (tertiary/aromatic N) is 2. The minimum absolute atomic E-state index is 0.717. The highest BCUT2D eigenvalue weighted by atomic mass is 16.1. The van der Waals surface area contributed by atoms with Crippen molar-refractivity contribution in [3.63, 3.8) is 0 Å². The summed E-state index contributed by atoms with van der Waals surface area (Å²) < 4.78 is 0. The predicted molar refractivity (Wildman–Crippen MR) is 68.9 cm³/mol. The van der Waals surface area contributed by atoms with Gasteiger partial charge in [-0.1, -0.05) is 12.1 Å². The van der Waals surface area contributed by atoms with Gasteiger partial charge < -0.3 is 10.2 Å². The maximum atomic E-state index is 10.4. The van der Waals surface area contributed by atoms with Crippen molar-refractivity contribution in [1.82, 2.24) is 9.80 Å². The fourth-order valence-corrected chi connectivity index (χ4v) is 2.09. The van der Waals surface area contributed by atoms with Crippen molar-refractivity contribution in [3.05, 3.63) is 29.8 Å². The number of carbonyl (C=O) groups is 1. The zero-order chi connectivity index (χ0) is 12.1. The van der Waals surface area contributed by atoms with Crippen molar-refractivity contribution >= 4 is 12.1 Å². The molecule has 0 aromatic heterocycles. The lowest BCUT2D eigenvalue weighted by atomic mass is 10.1. The van der Waals surface area contributed by atoms with Gasteiger partial charge in [-0.3, -0.25) is 9.69 Å². The molecule has 1 heterocycles. The van der Waals surface area contributed by atoms with E-state index in [0.29, 0.717) is 0 Å². The Labute approximate surface area is 102 Å². The van der Waals surface area contributed by atoms with Crippen molar-refractivity contribution in [2.45, 2.75) is 6.54 Å². The fourth-order valence-electron chi connectivity index (χ4n) is 2.09. The number of likely N-dealkylation sites (N-methyl/N-ethyl adjacent to an activating group) is 1. The zero-order valence-corrected chi connectivity index (χ0v) is 10.2. The summed E-state index contributed by atoms with van der Waals surface area (Å²) in [5.41, 5.74) is 2.12. The van der Waals surface area contributed by atoms with E-state index >= 15 is 0 Å². The molecule has 17 heavy (non-hydrogen) atoms. The van der Waals surface area contributed by atoms with Crippen LogP contribution in [-0.2, 0) is 11.3 Å². The van der Waals surface area contributed by atoms with E-state index in [2.05, 4.69) is 28.2 Å². The Hall–Kier alpha value is -1.39. The maximum absolute atomic E-state index is 10.4. The normalized spacial score (nSPS) is 17.9. The molecule has 1 fully saturated rings. The molecule has 0 radical (unpaired) electrons. The molecule has 4 nitrogen and oxygen atoms in total. The van der Waals surface area contributed by atoms with Crippen LogP contribution < -0.4 is 5.32 Å². The van der Waals surface area contributed by atoms with Crippen LogP contribution in [0.25, 0.3) is 0 Å². The molecule has 1 amide bonds. The molecule has 4 heteroatoms. The fraction of sp³-hybridized carbons (Fsp3) is 0.462. The van der Waals surface area contributed by atoms with Gasteiger partial charge in [0.2, 0.25) is 6.41 Å². The molecule has 0 atom stereocenters. The van der Waals surface area contributed by atoms with E-state index in [9.17, 15) is 4.79 Å². The van der Waals surface area contributed by atoms with Crippen LogP contribution in [0.1, 0.15) is 5.56 Å². The molecule has 1 saturated heterocycles. The lowest BCUT2D eigenvalue weighted by Crippen LogP contribution is -2.43.